The van der Waals surface area contributed by atoms with Crippen molar-refractivity contribution in [3.8, 4) is 5.75 Å². The second-order valence-electron chi connectivity index (χ2n) is 3.52. The zero-order chi connectivity index (χ0) is 12.1. The van der Waals surface area contributed by atoms with E-state index in [-0.39, 0.29) is 6.04 Å². The molecule has 0 aliphatic heterocycles. The van der Waals surface area contributed by atoms with Gasteiger partial charge in [0.2, 0.25) is 0 Å². The number of halogens is 2. The number of methoxy groups -OCH3 is 1. The first kappa shape index (κ1) is 13.6. The average Bonchev–Trinajstić information content (AvgIpc) is 2.29. The fourth-order valence-corrected chi connectivity index (χ4v) is 2.03. The van der Waals surface area contributed by atoms with Crippen molar-refractivity contribution in [1.29, 1.82) is 0 Å². The van der Waals surface area contributed by atoms with Crippen LogP contribution in [0.15, 0.2) is 12.1 Å². The van der Waals surface area contributed by atoms with Crippen LogP contribution in [0.2, 0.25) is 10.0 Å². The minimum Gasteiger partial charge on any atom is -0.495 e. The van der Waals surface area contributed by atoms with Gasteiger partial charge in [0.25, 0.3) is 0 Å². The van der Waals surface area contributed by atoms with E-state index < -0.39 is 0 Å². The first-order valence-corrected chi connectivity index (χ1v) is 5.85. The Hall–Kier alpha value is -0.480. The standard InChI is InChI=1S/C11H16Cl2N2O/c1-16-9-5-4-7(10(12)11(9)13)8(15)3-2-6-14/h4-5,8H,2-3,6,14-15H2,1H3. The number of rotatable bonds is 5. The van der Waals surface area contributed by atoms with Gasteiger partial charge in [-0.05, 0) is 31.0 Å². The van der Waals surface area contributed by atoms with Gasteiger partial charge in [-0.25, -0.2) is 0 Å². The first-order valence-electron chi connectivity index (χ1n) is 5.09. The molecule has 0 saturated heterocycles. The summed E-state index contributed by atoms with van der Waals surface area (Å²) in [6.07, 6.45) is 1.65. The Morgan fingerprint density at radius 3 is 2.56 bits per heavy atom. The van der Waals surface area contributed by atoms with Crippen LogP contribution in [-0.2, 0) is 0 Å². The SMILES string of the molecule is COc1ccc(C(N)CCCN)c(Cl)c1Cl. The summed E-state index contributed by atoms with van der Waals surface area (Å²) < 4.78 is 5.06. The molecule has 1 aromatic carbocycles. The Balaban J connectivity index is 2.93. The van der Waals surface area contributed by atoms with E-state index in [1.54, 1.807) is 13.2 Å². The number of ether oxygens (including phenoxy) is 1. The summed E-state index contributed by atoms with van der Waals surface area (Å²) in [6.45, 7) is 0.620. The lowest BCUT2D eigenvalue weighted by atomic mass is 10.0. The van der Waals surface area contributed by atoms with Crippen molar-refractivity contribution >= 4 is 23.2 Å². The largest absolute Gasteiger partial charge is 0.495 e. The predicted octanol–water partition coefficient (Wildman–Crippen LogP) is 2.74. The third-order valence-electron chi connectivity index (χ3n) is 2.42. The molecule has 0 radical (unpaired) electrons. The average molecular weight is 263 g/mol. The van der Waals surface area contributed by atoms with E-state index in [1.807, 2.05) is 6.07 Å². The van der Waals surface area contributed by atoms with Crippen LogP contribution in [0.25, 0.3) is 0 Å². The molecule has 5 heteroatoms. The highest BCUT2D eigenvalue weighted by atomic mass is 35.5. The van der Waals surface area contributed by atoms with Crippen molar-refractivity contribution in [3.05, 3.63) is 27.7 Å². The van der Waals surface area contributed by atoms with Crippen molar-refractivity contribution in [2.45, 2.75) is 18.9 Å². The Labute approximate surface area is 106 Å². The summed E-state index contributed by atoms with van der Waals surface area (Å²) in [5.74, 6) is 0.557. The second kappa shape index (κ2) is 6.30. The van der Waals surface area contributed by atoms with Gasteiger partial charge in [0, 0.05) is 6.04 Å². The van der Waals surface area contributed by atoms with Gasteiger partial charge < -0.3 is 16.2 Å². The van der Waals surface area contributed by atoms with Crippen LogP contribution in [0.5, 0.6) is 5.75 Å². The fourth-order valence-electron chi connectivity index (χ4n) is 1.48. The van der Waals surface area contributed by atoms with E-state index in [0.29, 0.717) is 22.3 Å². The summed E-state index contributed by atoms with van der Waals surface area (Å²) in [5, 5.41) is 0.871. The van der Waals surface area contributed by atoms with E-state index in [0.717, 1.165) is 18.4 Å². The molecule has 0 bridgehead atoms. The van der Waals surface area contributed by atoms with Crippen LogP contribution in [0.1, 0.15) is 24.4 Å². The highest BCUT2D eigenvalue weighted by molar-refractivity contribution is 6.43. The normalized spacial score (nSPS) is 12.6. The molecule has 1 atom stereocenters. The number of nitrogens with two attached hydrogens (primary N) is 2. The highest BCUT2D eigenvalue weighted by Gasteiger charge is 2.15. The second-order valence-corrected chi connectivity index (χ2v) is 4.28. The van der Waals surface area contributed by atoms with E-state index in [1.165, 1.54) is 0 Å². The summed E-state index contributed by atoms with van der Waals surface area (Å²) in [7, 11) is 1.55. The maximum atomic E-state index is 6.13. The van der Waals surface area contributed by atoms with Crippen LogP contribution in [0, 0.1) is 0 Å². The predicted molar refractivity (Wildman–Crippen MR) is 68.2 cm³/mol. The maximum absolute atomic E-state index is 6.13. The summed E-state index contributed by atoms with van der Waals surface area (Å²) >= 11 is 12.2. The number of hydrogen-bond donors (Lipinski definition) is 2. The van der Waals surface area contributed by atoms with Crippen LogP contribution in [-0.4, -0.2) is 13.7 Å². The highest BCUT2D eigenvalue weighted by Crippen LogP contribution is 2.37. The smallest absolute Gasteiger partial charge is 0.139 e. The molecule has 0 saturated carbocycles. The Bertz CT molecular complexity index is 358. The molecule has 0 amide bonds. The minimum atomic E-state index is -0.139. The molecule has 0 aliphatic rings. The van der Waals surface area contributed by atoms with Crippen molar-refractivity contribution in [1.82, 2.24) is 0 Å². The molecule has 0 aliphatic carbocycles. The van der Waals surface area contributed by atoms with Gasteiger partial charge in [0.1, 0.15) is 10.8 Å². The number of benzene rings is 1. The van der Waals surface area contributed by atoms with Crippen molar-refractivity contribution < 1.29 is 4.74 Å². The lowest BCUT2D eigenvalue weighted by molar-refractivity contribution is 0.414. The molecule has 1 unspecified atom stereocenters. The number of hydrogen-bond acceptors (Lipinski definition) is 3. The third kappa shape index (κ3) is 3.01. The van der Waals surface area contributed by atoms with Crippen LogP contribution in [0.3, 0.4) is 0 Å². The lowest BCUT2D eigenvalue weighted by Gasteiger charge is -2.15. The third-order valence-corrected chi connectivity index (χ3v) is 3.29. The van der Waals surface area contributed by atoms with E-state index >= 15 is 0 Å². The lowest BCUT2D eigenvalue weighted by Crippen LogP contribution is -2.13. The van der Waals surface area contributed by atoms with E-state index in [4.69, 9.17) is 39.4 Å². The molecule has 16 heavy (non-hydrogen) atoms. The molecule has 0 heterocycles. The summed E-state index contributed by atoms with van der Waals surface area (Å²) in [4.78, 5) is 0. The van der Waals surface area contributed by atoms with Gasteiger partial charge in [-0.15, -0.1) is 0 Å². The Morgan fingerprint density at radius 2 is 2.00 bits per heavy atom. The van der Waals surface area contributed by atoms with Gasteiger partial charge in [-0.3, -0.25) is 0 Å². The van der Waals surface area contributed by atoms with Gasteiger partial charge in [0.05, 0.1) is 12.1 Å². The quantitative estimate of drug-likeness (QED) is 0.858. The Kier molecular flexibility index (Phi) is 5.35. The topological polar surface area (TPSA) is 61.3 Å². The molecule has 1 aromatic rings. The van der Waals surface area contributed by atoms with Crippen LogP contribution in [0.4, 0.5) is 0 Å². The maximum Gasteiger partial charge on any atom is 0.139 e. The monoisotopic (exact) mass is 262 g/mol. The molecule has 1 rings (SSSR count). The molecule has 4 N–H and O–H groups in total. The van der Waals surface area contributed by atoms with Crippen LogP contribution >= 0.6 is 23.2 Å². The van der Waals surface area contributed by atoms with E-state index in [2.05, 4.69) is 0 Å². The molecular formula is C11H16Cl2N2O. The van der Waals surface area contributed by atoms with E-state index in [9.17, 15) is 0 Å². The zero-order valence-corrected chi connectivity index (χ0v) is 10.7. The zero-order valence-electron chi connectivity index (χ0n) is 9.17. The molecule has 0 spiro atoms. The molecule has 3 nitrogen and oxygen atoms in total. The summed E-state index contributed by atoms with van der Waals surface area (Å²) in [6, 6.07) is 3.47. The van der Waals surface area contributed by atoms with Crippen molar-refractivity contribution in [3.63, 3.8) is 0 Å². The molecule has 90 valence electrons. The van der Waals surface area contributed by atoms with Gasteiger partial charge in [-0.2, -0.15) is 0 Å². The minimum absolute atomic E-state index is 0.139. The van der Waals surface area contributed by atoms with Gasteiger partial charge in [-0.1, -0.05) is 29.3 Å². The molecule has 0 fully saturated rings. The first-order chi connectivity index (χ1) is 7.61. The molecule has 0 aromatic heterocycles. The van der Waals surface area contributed by atoms with Crippen molar-refractivity contribution in [2.75, 3.05) is 13.7 Å². The Morgan fingerprint density at radius 1 is 1.31 bits per heavy atom. The van der Waals surface area contributed by atoms with Gasteiger partial charge in [0.15, 0.2) is 0 Å². The summed E-state index contributed by atoms with van der Waals surface area (Å²) in [5.41, 5.74) is 12.3. The van der Waals surface area contributed by atoms with Gasteiger partial charge >= 0.3 is 0 Å². The van der Waals surface area contributed by atoms with Crippen LogP contribution < -0.4 is 16.2 Å². The fraction of sp³-hybridized carbons (Fsp3) is 0.455. The van der Waals surface area contributed by atoms with Crippen molar-refractivity contribution in [2.24, 2.45) is 11.5 Å². The molecular weight excluding hydrogens is 247 g/mol.